The van der Waals surface area contributed by atoms with Gasteiger partial charge in [0, 0.05) is 6.07 Å². The van der Waals surface area contributed by atoms with Crippen molar-refractivity contribution >= 4 is 10.8 Å². The van der Waals surface area contributed by atoms with Crippen molar-refractivity contribution in [1.82, 2.24) is 0 Å². The van der Waals surface area contributed by atoms with Crippen molar-refractivity contribution in [1.29, 1.82) is 0 Å². The molecule has 1 atom stereocenters. The molecule has 130 valence electrons. The molecule has 0 radical (unpaired) electrons. The number of hydrogen-bond donors (Lipinski definition) is 0. The van der Waals surface area contributed by atoms with E-state index >= 15 is 0 Å². The molecule has 1 heterocycles. The summed E-state index contributed by atoms with van der Waals surface area (Å²) in [5.74, 6) is 0.538. The molecule has 0 bridgehead atoms. The SMILES string of the molecule is CCC(C)c1cc(C(C)(C)C)ccc1-c1c2ccccc2cc[n+]1C. The maximum absolute atomic E-state index is 2.44. The molecule has 0 N–H and O–H groups in total. The van der Waals surface area contributed by atoms with E-state index < -0.39 is 0 Å². The Balaban J connectivity index is 2.33. The molecule has 0 amide bonds. The van der Waals surface area contributed by atoms with Crippen LogP contribution in [0.5, 0.6) is 0 Å². The molecule has 0 spiro atoms. The highest BCUT2D eigenvalue weighted by Gasteiger charge is 2.23. The smallest absolute Gasteiger partial charge is 0.200 e. The van der Waals surface area contributed by atoms with E-state index in [-0.39, 0.29) is 5.41 Å². The van der Waals surface area contributed by atoms with Crippen LogP contribution in [0.4, 0.5) is 0 Å². The molecule has 25 heavy (non-hydrogen) atoms. The molecule has 1 nitrogen and oxygen atoms in total. The first-order valence-corrected chi connectivity index (χ1v) is 9.35. The molecule has 1 aromatic heterocycles. The Bertz CT molecular complexity index is 900. The maximum Gasteiger partial charge on any atom is 0.220 e. The monoisotopic (exact) mass is 332 g/mol. The van der Waals surface area contributed by atoms with Gasteiger partial charge >= 0.3 is 0 Å². The summed E-state index contributed by atoms with van der Waals surface area (Å²) in [5, 5.41) is 2.62. The number of fused-ring (bicyclic) bond motifs is 1. The Hall–Kier alpha value is -2.15. The molecule has 0 aliphatic carbocycles. The summed E-state index contributed by atoms with van der Waals surface area (Å²) < 4.78 is 2.26. The van der Waals surface area contributed by atoms with Crippen molar-refractivity contribution in [2.45, 2.75) is 52.4 Å². The maximum atomic E-state index is 2.44. The minimum atomic E-state index is 0.168. The second-order valence-electron chi connectivity index (χ2n) is 8.22. The molecular weight excluding hydrogens is 302 g/mol. The summed E-state index contributed by atoms with van der Waals surface area (Å²) in [4.78, 5) is 0. The fraction of sp³-hybridized carbons (Fsp3) is 0.375. The number of rotatable bonds is 3. The predicted molar refractivity (Wildman–Crippen MR) is 108 cm³/mol. The lowest BCUT2D eigenvalue weighted by atomic mass is 9.81. The van der Waals surface area contributed by atoms with E-state index in [0.717, 1.165) is 6.42 Å². The zero-order valence-corrected chi connectivity index (χ0v) is 16.4. The van der Waals surface area contributed by atoms with Gasteiger partial charge in [0.05, 0.1) is 10.9 Å². The lowest BCUT2D eigenvalue weighted by Crippen LogP contribution is -2.31. The number of nitrogens with zero attached hydrogens (tertiary/aromatic N) is 1. The zero-order chi connectivity index (χ0) is 18.2. The Morgan fingerprint density at radius 2 is 1.72 bits per heavy atom. The van der Waals surface area contributed by atoms with Crippen LogP contribution in [0.3, 0.4) is 0 Å². The fourth-order valence-corrected chi connectivity index (χ4v) is 3.52. The molecule has 1 heteroatoms. The van der Waals surface area contributed by atoms with Crippen LogP contribution in [0.2, 0.25) is 0 Å². The summed E-state index contributed by atoms with van der Waals surface area (Å²) in [7, 11) is 2.15. The van der Waals surface area contributed by atoms with E-state index in [1.807, 2.05) is 0 Å². The average Bonchev–Trinajstić information content (AvgIpc) is 2.60. The first kappa shape index (κ1) is 17.7. The topological polar surface area (TPSA) is 3.88 Å². The predicted octanol–water partition coefficient (Wildman–Crippen LogP) is 6.14. The molecule has 3 aromatic rings. The standard InChI is InChI=1S/C24H30N/c1-7-17(2)22-16-19(24(3,4)5)12-13-21(22)23-20-11-9-8-10-18(20)14-15-25(23)6/h8-17H,7H2,1-6H3/q+1. The second-order valence-corrected chi connectivity index (χ2v) is 8.22. The number of pyridine rings is 1. The third-order valence-corrected chi connectivity index (χ3v) is 5.36. The van der Waals surface area contributed by atoms with Crippen LogP contribution < -0.4 is 4.57 Å². The zero-order valence-electron chi connectivity index (χ0n) is 16.4. The second kappa shape index (κ2) is 6.63. The first-order valence-electron chi connectivity index (χ1n) is 9.35. The number of benzene rings is 2. The molecule has 0 saturated carbocycles. The van der Waals surface area contributed by atoms with Gasteiger partial charge in [-0.2, -0.15) is 0 Å². The summed E-state index contributed by atoms with van der Waals surface area (Å²) in [6, 6.07) is 18.0. The largest absolute Gasteiger partial charge is 0.220 e. The molecule has 0 fully saturated rings. The van der Waals surface area contributed by atoms with Crippen molar-refractivity contribution in [2.24, 2.45) is 7.05 Å². The third kappa shape index (κ3) is 3.33. The van der Waals surface area contributed by atoms with Gasteiger partial charge in [0.2, 0.25) is 5.69 Å². The Labute approximate surface area is 152 Å². The highest BCUT2D eigenvalue weighted by Crippen LogP contribution is 2.36. The van der Waals surface area contributed by atoms with E-state index in [2.05, 4.69) is 101 Å². The van der Waals surface area contributed by atoms with Crippen LogP contribution in [-0.2, 0) is 12.5 Å². The number of aryl methyl sites for hydroxylation is 1. The Morgan fingerprint density at radius 3 is 2.40 bits per heavy atom. The lowest BCUT2D eigenvalue weighted by Gasteiger charge is -2.23. The van der Waals surface area contributed by atoms with Gasteiger partial charge in [-0.1, -0.05) is 65.0 Å². The van der Waals surface area contributed by atoms with Gasteiger partial charge < -0.3 is 0 Å². The summed E-state index contributed by atoms with van der Waals surface area (Å²) in [6.45, 7) is 11.5. The molecule has 3 rings (SSSR count). The van der Waals surface area contributed by atoms with Gasteiger partial charge in [-0.05, 0) is 46.4 Å². The summed E-state index contributed by atoms with van der Waals surface area (Å²) in [6.07, 6.45) is 3.32. The van der Waals surface area contributed by atoms with E-state index in [1.54, 1.807) is 0 Å². The van der Waals surface area contributed by atoms with E-state index in [9.17, 15) is 0 Å². The van der Waals surface area contributed by atoms with Gasteiger partial charge in [-0.25, -0.2) is 4.57 Å². The normalized spacial score (nSPS) is 13.2. The summed E-state index contributed by atoms with van der Waals surface area (Å²) in [5.41, 5.74) is 5.72. The lowest BCUT2D eigenvalue weighted by molar-refractivity contribution is -0.659. The van der Waals surface area contributed by atoms with Crippen molar-refractivity contribution in [2.75, 3.05) is 0 Å². The Morgan fingerprint density at radius 1 is 1.00 bits per heavy atom. The average molecular weight is 333 g/mol. The molecule has 1 unspecified atom stereocenters. The van der Waals surface area contributed by atoms with E-state index in [1.165, 1.54) is 33.2 Å². The van der Waals surface area contributed by atoms with E-state index in [4.69, 9.17) is 0 Å². The van der Waals surface area contributed by atoms with Crippen molar-refractivity contribution in [3.05, 3.63) is 65.9 Å². The fourth-order valence-electron chi connectivity index (χ4n) is 3.52. The molecule has 0 saturated heterocycles. The van der Waals surface area contributed by atoms with Gasteiger partial charge in [0.25, 0.3) is 0 Å². The third-order valence-electron chi connectivity index (χ3n) is 5.36. The molecule has 0 aliphatic heterocycles. The molecular formula is C24H30N+. The quantitative estimate of drug-likeness (QED) is 0.507. The first-order chi connectivity index (χ1) is 11.8. The summed E-state index contributed by atoms with van der Waals surface area (Å²) >= 11 is 0. The van der Waals surface area contributed by atoms with Crippen LogP contribution in [0.25, 0.3) is 22.0 Å². The minimum Gasteiger partial charge on any atom is -0.200 e. The number of hydrogen-bond acceptors (Lipinski definition) is 0. The van der Waals surface area contributed by atoms with Gasteiger partial charge in [0.15, 0.2) is 6.20 Å². The minimum absolute atomic E-state index is 0.168. The van der Waals surface area contributed by atoms with Crippen molar-refractivity contribution < 1.29 is 4.57 Å². The highest BCUT2D eigenvalue weighted by molar-refractivity contribution is 5.93. The van der Waals surface area contributed by atoms with Crippen molar-refractivity contribution in [3.63, 3.8) is 0 Å². The van der Waals surface area contributed by atoms with Crippen LogP contribution in [0, 0.1) is 0 Å². The van der Waals surface area contributed by atoms with Gasteiger partial charge in [0.1, 0.15) is 7.05 Å². The van der Waals surface area contributed by atoms with Crippen LogP contribution in [0.1, 0.15) is 58.1 Å². The highest BCUT2D eigenvalue weighted by atomic mass is 14.9. The number of aromatic nitrogens is 1. The molecule has 0 aliphatic rings. The van der Waals surface area contributed by atoms with Crippen LogP contribution >= 0.6 is 0 Å². The van der Waals surface area contributed by atoms with E-state index in [0.29, 0.717) is 5.92 Å². The molecule has 2 aromatic carbocycles. The van der Waals surface area contributed by atoms with Gasteiger partial charge in [-0.15, -0.1) is 0 Å². The van der Waals surface area contributed by atoms with Crippen molar-refractivity contribution in [3.8, 4) is 11.3 Å². The van der Waals surface area contributed by atoms with Crippen LogP contribution in [-0.4, -0.2) is 0 Å². The van der Waals surface area contributed by atoms with Crippen LogP contribution in [0.15, 0.2) is 54.7 Å². The Kier molecular flexibility index (Phi) is 4.69. The van der Waals surface area contributed by atoms with Gasteiger partial charge in [-0.3, -0.25) is 0 Å².